The third kappa shape index (κ3) is 4.18. The second kappa shape index (κ2) is 7.96. The summed E-state index contributed by atoms with van der Waals surface area (Å²) in [5.74, 6) is 2.54. The lowest BCUT2D eigenvalue weighted by molar-refractivity contribution is 0.191. The standard InChI is InChI=1S/C21H29N7O/c1-14-5-6-18-17(7-14)25-21(27(18)4)10-22-19-9-20(24-13-23-19)28-12-16(29)8-15(28)11-26(2)3/h5-7,9,13,15-16,29H,8,10-12H2,1-4H3,(H,22,23,24)/t15-,16-/m1/s1. The lowest BCUT2D eigenvalue weighted by Crippen LogP contribution is -2.38. The van der Waals surface area contributed by atoms with E-state index >= 15 is 0 Å². The van der Waals surface area contributed by atoms with E-state index in [-0.39, 0.29) is 12.1 Å². The molecule has 2 N–H and O–H groups in total. The third-order valence-corrected chi connectivity index (χ3v) is 5.47. The Labute approximate surface area is 171 Å². The van der Waals surface area contributed by atoms with Gasteiger partial charge in [0.05, 0.1) is 23.7 Å². The van der Waals surface area contributed by atoms with E-state index in [1.54, 1.807) is 6.33 Å². The number of aliphatic hydroxyl groups is 1. The van der Waals surface area contributed by atoms with Crippen LogP contribution in [0.1, 0.15) is 17.8 Å². The highest BCUT2D eigenvalue weighted by Crippen LogP contribution is 2.26. The normalized spacial score (nSPS) is 19.4. The van der Waals surface area contributed by atoms with Gasteiger partial charge < -0.3 is 24.8 Å². The molecule has 29 heavy (non-hydrogen) atoms. The van der Waals surface area contributed by atoms with E-state index in [9.17, 15) is 5.11 Å². The summed E-state index contributed by atoms with van der Waals surface area (Å²) in [4.78, 5) is 17.9. The first-order valence-corrected chi connectivity index (χ1v) is 9.98. The molecule has 0 amide bonds. The number of hydrogen-bond acceptors (Lipinski definition) is 7. The van der Waals surface area contributed by atoms with Gasteiger partial charge in [-0.05, 0) is 45.1 Å². The molecule has 3 aromatic rings. The van der Waals surface area contributed by atoms with Crippen LogP contribution in [0.25, 0.3) is 11.0 Å². The van der Waals surface area contributed by atoms with Crippen LogP contribution in [0.2, 0.25) is 0 Å². The number of benzene rings is 1. The molecule has 2 atom stereocenters. The van der Waals surface area contributed by atoms with Crippen molar-refractivity contribution in [2.45, 2.75) is 32.0 Å². The summed E-state index contributed by atoms with van der Waals surface area (Å²) in [6.07, 6.45) is 2.01. The topological polar surface area (TPSA) is 82.3 Å². The van der Waals surface area contributed by atoms with Crippen LogP contribution >= 0.6 is 0 Å². The van der Waals surface area contributed by atoms with Crippen LogP contribution in [0.5, 0.6) is 0 Å². The third-order valence-electron chi connectivity index (χ3n) is 5.47. The highest BCUT2D eigenvalue weighted by Gasteiger charge is 2.32. The molecule has 0 aliphatic carbocycles. The van der Waals surface area contributed by atoms with Crippen LogP contribution in [0.3, 0.4) is 0 Å². The SMILES string of the molecule is Cc1ccc2c(c1)nc(CNc1cc(N3C[C@H](O)C[C@@H]3CN(C)C)ncn1)n2C. The van der Waals surface area contributed by atoms with Crippen LogP contribution in [-0.2, 0) is 13.6 Å². The van der Waals surface area contributed by atoms with Crippen molar-refractivity contribution in [1.82, 2.24) is 24.4 Å². The van der Waals surface area contributed by atoms with Crippen LogP contribution in [0.4, 0.5) is 11.6 Å². The van der Waals surface area contributed by atoms with Crippen molar-refractivity contribution in [2.75, 3.05) is 37.4 Å². The van der Waals surface area contributed by atoms with Crippen LogP contribution in [-0.4, -0.2) is 68.9 Å². The van der Waals surface area contributed by atoms with Crippen molar-refractivity contribution in [3.63, 3.8) is 0 Å². The molecule has 154 valence electrons. The van der Waals surface area contributed by atoms with Crippen LogP contribution in [0.15, 0.2) is 30.6 Å². The Morgan fingerprint density at radius 2 is 2.07 bits per heavy atom. The summed E-state index contributed by atoms with van der Waals surface area (Å²) in [6.45, 7) is 4.12. The Hall–Kier alpha value is -2.71. The predicted molar refractivity (Wildman–Crippen MR) is 115 cm³/mol. The largest absolute Gasteiger partial charge is 0.391 e. The number of aryl methyl sites for hydroxylation is 2. The number of nitrogens with zero attached hydrogens (tertiary/aromatic N) is 6. The zero-order chi connectivity index (χ0) is 20.5. The number of aromatic nitrogens is 4. The van der Waals surface area contributed by atoms with Gasteiger partial charge in [0.15, 0.2) is 0 Å². The molecule has 1 aliphatic rings. The maximum absolute atomic E-state index is 10.2. The van der Waals surface area contributed by atoms with Crippen molar-refractivity contribution >= 4 is 22.7 Å². The minimum absolute atomic E-state index is 0.242. The number of rotatable bonds is 6. The maximum atomic E-state index is 10.2. The number of likely N-dealkylation sites (N-methyl/N-ethyl adjacent to an activating group) is 1. The molecule has 2 aromatic heterocycles. The van der Waals surface area contributed by atoms with Gasteiger partial charge in [0.2, 0.25) is 0 Å². The average Bonchev–Trinajstić information content (AvgIpc) is 3.19. The van der Waals surface area contributed by atoms with Gasteiger partial charge in [-0.25, -0.2) is 15.0 Å². The fourth-order valence-electron chi connectivity index (χ4n) is 4.06. The summed E-state index contributed by atoms with van der Waals surface area (Å²) in [7, 11) is 6.13. The number of aliphatic hydroxyl groups excluding tert-OH is 1. The molecule has 4 rings (SSSR count). The number of anilines is 2. The summed E-state index contributed by atoms with van der Waals surface area (Å²) in [5, 5.41) is 13.5. The summed E-state index contributed by atoms with van der Waals surface area (Å²) < 4.78 is 2.10. The lowest BCUT2D eigenvalue weighted by atomic mass is 10.2. The molecule has 0 bridgehead atoms. The Kier molecular flexibility index (Phi) is 5.38. The second-order valence-electron chi connectivity index (χ2n) is 8.15. The molecule has 1 aliphatic heterocycles. The van der Waals surface area contributed by atoms with E-state index in [1.165, 1.54) is 5.56 Å². The van der Waals surface area contributed by atoms with E-state index in [2.05, 4.69) is 54.8 Å². The molecule has 0 radical (unpaired) electrons. The molecule has 1 fully saturated rings. The van der Waals surface area contributed by atoms with E-state index < -0.39 is 0 Å². The number of nitrogens with one attached hydrogen (secondary N) is 1. The van der Waals surface area contributed by atoms with Crippen LogP contribution < -0.4 is 10.2 Å². The smallest absolute Gasteiger partial charge is 0.134 e. The first kappa shape index (κ1) is 19.6. The van der Waals surface area contributed by atoms with Crippen LogP contribution in [0, 0.1) is 6.92 Å². The van der Waals surface area contributed by atoms with Gasteiger partial charge in [-0.15, -0.1) is 0 Å². The Bertz CT molecular complexity index is 1000. The molecule has 0 unspecified atom stereocenters. The number of imidazole rings is 1. The maximum Gasteiger partial charge on any atom is 0.134 e. The fourth-order valence-corrected chi connectivity index (χ4v) is 4.06. The Morgan fingerprint density at radius 3 is 2.86 bits per heavy atom. The van der Waals surface area contributed by atoms with E-state index in [1.807, 2.05) is 27.2 Å². The molecular weight excluding hydrogens is 366 g/mol. The zero-order valence-corrected chi connectivity index (χ0v) is 17.5. The fraction of sp³-hybridized carbons (Fsp3) is 0.476. The van der Waals surface area contributed by atoms with Gasteiger partial charge in [0.25, 0.3) is 0 Å². The van der Waals surface area contributed by atoms with Gasteiger partial charge in [0.1, 0.15) is 23.8 Å². The number of hydrogen-bond donors (Lipinski definition) is 2. The first-order valence-electron chi connectivity index (χ1n) is 9.98. The van der Waals surface area contributed by atoms with Crippen molar-refractivity contribution in [2.24, 2.45) is 7.05 Å². The minimum Gasteiger partial charge on any atom is -0.391 e. The highest BCUT2D eigenvalue weighted by atomic mass is 16.3. The first-order chi connectivity index (χ1) is 13.9. The van der Waals surface area contributed by atoms with E-state index in [4.69, 9.17) is 4.98 Å². The van der Waals surface area contributed by atoms with Crippen molar-refractivity contribution in [3.05, 3.63) is 42.0 Å². The summed E-state index contributed by atoms with van der Waals surface area (Å²) in [5.41, 5.74) is 3.33. The minimum atomic E-state index is -0.324. The molecule has 1 saturated heterocycles. The van der Waals surface area contributed by atoms with Gasteiger partial charge in [-0.3, -0.25) is 0 Å². The van der Waals surface area contributed by atoms with E-state index in [0.29, 0.717) is 13.1 Å². The number of fused-ring (bicyclic) bond motifs is 1. The monoisotopic (exact) mass is 395 g/mol. The summed E-state index contributed by atoms with van der Waals surface area (Å²) >= 11 is 0. The molecule has 8 nitrogen and oxygen atoms in total. The molecule has 0 saturated carbocycles. The Morgan fingerprint density at radius 1 is 1.24 bits per heavy atom. The number of β-amino-alcohol motifs (C(OH)–C–C–N with tert-alkyl or cyclic N) is 1. The molecule has 3 heterocycles. The zero-order valence-electron chi connectivity index (χ0n) is 17.5. The van der Waals surface area contributed by atoms with Crippen molar-refractivity contribution in [1.29, 1.82) is 0 Å². The lowest BCUT2D eigenvalue weighted by Gasteiger charge is -2.27. The quantitative estimate of drug-likeness (QED) is 0.658. The van der Waals surface area contributed by atoms with E-state index in [0.717, 1.165) is 41.5 Å². The highest BCUT2D eigenvalue weighted by molar-refractivity contribution is 5.76. The second-order valence-corrected chi connectivity index (χ2v) is 8.15. The molecule has 0 spiro atoms. The summed E-state index contributed by atoms with van der Waals surface area (Å²) in [6, 6.07) is 8.50. The predicted octanol–water partition coefficient (Wildman–Crippen LogP) is 1.79. The van der Waals surface area contributed by atoms with Gasteiger partial charge in [-0.1, -0.05) is 6.07 Å². The van der Waals surface area contributed by atoms with Crippen molar-refractivity contribution < 1.29 is 5.11 Å². The average molecular weight is 396 g/mol. The molecular formula is C21H29N7O. The van der Waals surface area contributed by atoms with Crippen molar-refractivity contribution in [3.8, 4) is 0 Å². The van der Waals surface area contributed by atoms with Gasteiger partial charge in [0, 0.05) is 32.2 Å². The Balaban J connectivity index is 1.50. The molecule has 1 aromatic carbocycles. The molecule has 8 heteroatoms. The van der Waals surface area contributed by atoms with Gasteiger partial charge >= 0.3 is 0 Å². The van der Waals surface area contributed by atoms with Gasteiger partial charge in [-0.2, -0.15) is 0 Å².